The van der Waals surface area contributed by atoms with Gasteiger partial charge >= 0.3 is 0 Å². The van der Waals surface area contributed by atoms with Crippen LogP contribution in [0.2, 0.25) is 0 Å². The summed E-state index contributed by atoms with van der Waals surface area (Å²) in [5, 5.41) is 14.0. The van der Waals surface area contributed by atoms with Crippen molar-refractivity contribution < 1.29 is 14.5 Å². The van der Waals surface area contributed by atoms with Crippen LogP contribution in [0.1, 0.15) is 41.6 Å². The Kier molecular flexibility index (Phi) is 7.19. The molecule has 0 saturated carbocycles. The van der Waals surface area contributed by atoms with Gasteiger partial charge < -0.3 is 15.0 Å². The molecule has 1 heterocycles. The normalized spacial score (nSPS) is 14.4. The van der Waals surface area contributed by atoms with E-state index in [0.29, 0.717) is 29.2 Å². The summed E-state index contributed by atoms with van der Waals surface area (Å²) in [5.41, 5.74) is 1.16. The summed E-state index contributed by atoms with van der Waals surface area (Å²) in [5.74, 6) is 0.795. The van der Waals surface area contributed by atoms with Crippen LogP contribution in [0.25, 0.3) is 0 Å². The lowest BCUT2D eigenvalue weighted by Gasteiger charge is -2.26. The van der Waals surface area contributed by atoms with Crippen LogP contribution in [-0.2, 0) is 0 Å². The molecule has 0 atom stereocenters. The fraction of sp³-hybridized carbons (Fsp3) is 0.409. The quantitative estimate of drug-likeness (QED) is 0.408. The van der Waals surface area contributed by atoms with Gasteiger partial charge in [0.05, 0.1) is 11.0 Å². The fourth-order valence-corrected chi connectivity index (χ4v) is 3.45. The Morgan fingerprint density at radius 3 is 2.48 bits per heavy atom. The minimum atomic E-state index is -0.430. The topological polar surface area (TPSA) is 84.7 Å². The van der Waals surface area contributed by atoms with E-state index < -0.39 is 4.92 Å². The van der Waals surface area contributed by atoms with E-state index in [1.807, 2.05) is 0 Å². The summed E-state index contributed by atoms with van der Waals surface area (Å²) < 4.78 is 5.68. The standard InChI is InChI=1S/C22H27N3O4/c1-17-6-9-20(16-21(17)25(27)28)29-19-10-7-18(8-11-19)22(26)23-12-5-15-24-13-3-2-4-14-24/h6-11,16H,2-5,12-15H2,1H3,(H,23,26). The number of hydrogen-bond acceptors (Lipinski definition) is 5. The van der Waals surface area contributed by atoms with E-state index in [2.05, 4.69) is 10.2 Å². The van der Waals surface area contributed by atoms with Gasteiger partial charge in [0, 0.05) is 17.7 Å². The number of carbonyl (C=O) groups excluding carboxylic acids is 1. The zero-order valence-corrected chi connectivity index (χ0v) is 16.7. The lowest BCUT2D eigenvalue weighted by molar-refractivity contribution is -0.385. The first kappa shape index (κ1) is 20.8. The largest absolute Gasteiger partial charge is 0.457 e. The number of nitro benzene ring substituents is 1. The Morgan fingerprint density at radius 1 is 1.10 bits per heavy atom. The average Bonchev–Trinajstić information content (AvgIpc) is 2.73. The molecule has 0 aromatic heterocycles. The second-order valence-corrected chi connectivity index (χ2v) is 7.34. The third-order valence-electron chi connectivity index (χ3n) is 5.11. The van der Waals surface area contributed by atoms with Crippen LogP contribution in [0.3, 0.4) is 0 Å². The molecule has 7 nitrogen and oxygen atoms in total. The molecule has 2 aromatic carbocycles. The van der Waals surface area contributed by atoms with Crippen molar-refractivity contribution in [2.75, 3.05) is 26.2 Å². The van der Waals surface area contributed by atoms with Crippen molar-refractivity contribution in [1.82, 2.24) is 10.2 Å². The van der Waals surface area contributed by atoms with Crippen molar-refractivity contribution in [2.24, 2.45) is 0 Å². The molecule has 0 spiro atoms. The van der Waals surface area contributed by atoms with Gasteiger partial charge in [-0.2, -0.15) is 0 Å². The van der Waals surface area contributed by atoms with E-state index in [0.717, 1.165) is 13.0 Å². The molecule has 0 aliphatic carbocycles. The summed E-state index contributed by atoms with van der Waals surface area (Å²) in [6, 6.07) is 11.5. The predicted molar refractivity (Wildman–Crippen MR) is 112 cm³/mol. The third-order valence-corrected chi connectivity index (χ3v) is 5.11. The van der Waals surface area contributed by atoms with Gasteiger partial charge in [-0.05, 0) is 82.2 Å². The maximum atomic E-state index is 12.3. The Morgan fingerprint density at radius 2 is 1.79 bits per heavy atom. The zero-order valence-electron chi connectivity index (χ0n) is 16.7. The van der Waals surface area contributed by atoms with Crippen molar-refractivity contribution in [2.45, 2.75) is 32.6 Å². The van der Waals surface area contributed by atoms with Crippen LogP contribution in [0.15, 0.2) is 42.5 Å². The lowest BCUT2D eigenvalue weighted by Crippen LogP contribution is -2.33. The molecule has 1 saturated heterocycles. The van der Waals surface area contributed by atoms with E-state index in [4.69, 9.17) is 4.74 Å². The molecular weight excluding hydrogens is 370 g/mol. The Hall–Kier alpha value is -2.93. The molecule has 0 unspecified atom stereocenters. The number of carbonyl (C=O) groups is 1. The maximum absolute atomic E-state index is 12.3. The summed E-state index contributed by atoms with van der Waals surface area (Å²) in [4.78, 5) is 25.4. The number of benzene rings is 2. The highest BCUT2D eigenvalue weighted by atomic mass is 16.6. The Labute approximate surface area is 170 Å². The molecule has 0 radical (unpaired) electrons. The highest BCUT2D eigenvalue weighted by Crippen LogP contribution is 2.28. The van der Waals surface area contributed by atoms with Gasteiger partial charge in [-0.15, -0.1) is 0 Å². The number of nitrogens with zero attached hydrogens (tertiary/aromatic N) is 2. The molecule has 1 N–H and O–H groups in total. The van der Waals surface area contributed by atoms with Gasteiger partial charge in [-0.1, -0.05) is 6.42 Å². The third kappa shape index (κ3) is 6.02. The summed E-state index contributed by atoms with van der Waals surface area (Å²) >= 11 is 0. The second-order valence-electron chi connectivity index (χ2n) is 7.34. The minimum absolute atomic E-state index is 0.0167. The molecule has 1 aliphatic rings. The predicted octanol–water partition coefficient (Wildman–Crippen LogP) is 4.30. The number of piperidine rings is 1. The first-order valence-corrected chi connectivity index (χ1v) is 10.1. The highest BCUT2D eigenvalue weighted by Gasteiger charge is 2.13. The van der Waals surface area contributed by atoms with Gasteiger partial charge in [0.15, 0.2) is 0 Å². The number of nitrogens with one attached hydrogen (secondary N) is 1. The summed E-state index contributed by atoms with van der Waals surface area (Å²) in [6.45, 7) is 5.69. The van der Waals surface area contributed by atoms with Crippen LogP contribution in [0.5, 0.6) is 11.5 Å². The van der Waals surface area contributed by atoms with E-state index in [1.165, 1.54) is 38.4 Å². The molecule has 1 amide bonds. The van der Waals surface area contributed by atoms with Crippen LogP contribution >= 0.6 is 0 Å². The number of aryl methyl sites for hydroxylation is 1. The van der Waals surface area contributed by atoms with Gasteiger partial charge in [-0.25, -0.2) is 0 Å². The van der Waals surface area contributed by atoms with Crippen LogP contribution in [-0.4, -0.2) is 41.9 Å². The molecule has 3 rings (SSSR count). The molecule has 154 valence electrons. The summed E-state index contributed by atoms with van der Waals surface area (Å²) in [6.07, 6.45) is 4.82. The van der Waals surface area contributed by atoms with Crippen molar-refractivity contribution in [1.29, 1.82) is 0 Å². The average molecular weight is 397 g/mol. The fourth-order valence-electron chi connectivity index (χ4n) is 3.45. The molecule has 7 heteroatoms. The smallest absolute Gasteiger partial charge is 0.276 e. The number of likely N-dealkylation sites (tertiary alicyclic amines) is 1. The minimum Gasteiger partial charge on any atom is -0.457 e. The highest BCUT2D eigenvalue weighted by molar-refractivity contribution is 5.94. The SMILES string of the molecule is Cc1ccc(Oc2ccc(C(=O)NCCCN3CCCCC3)cc2)cc1[N+](=O)[O-]. The van der Waals surface area contributed by atoms with Crippen molar-refractivity contribution >= 4 is 11.6 Å². The van der Waals surface area contributed by atoms with Crippen molar-refractivity contribution in [3.63, 3.8) is 0 Å². The zero-order chi connectivity index (χ0) is 20.6. The molecule has 1 aliphatic heterocycles. The van der Waals surface area contributed by atoms with E-state index in [9.17, 15) is 14.9 Å². The molecule has 29 heavy (non-hydrogen) atoms. The van der Waals surface area contributed by atoms with Gasteiger partial charge in [0.1, 0.15) is 11.5 Å². The number of amides is 1. The van der Waals surface area contributed by atoms with Gasteiger partial charge in [-0.3, -0.25) is 14.9 Å². The van der Waals surface area contributed by atoms with Gasteiger partial charge in [0.2, 0.25) is 0 Å². The van der Waals surface area contributed by atoms with E-state index in [-0.39, 0.29) is 11.6 Å². The first-order valence-electron chi connectivity index (χ1n) is 10.1. The van der Waals surface area contributed by atoms with Crippen LogP contribution < -0.4 is 10.1 Å². The molecule has 0 bridgehead atoms. The van der Waals surface area contributed by atoms with E-state index in [1.54, 1.807) is 43.3 Å². The van der Waals surface area contributed by atoms with Crippen LogP contribution in [0, 0.1) is 17.0 Å². The van der Waals surface area contributed by atoms with Gasteiger partial charge in [0.25, 0.3) is 11.6 Å². The van der Waals surface area contributed by atoms with E-state index >= 15 is 0 Å². The molecule has 2 aromatic rings. The number of ether oxygens (including phenoxy) is 1. The molecule has 1 fully saturated rings. The number of rotatable bonds is 8. The van der Waals surface area contributed by atoms with Crippen LogP contribution in [0.4, 0.5) is 5.69 Å². The molecular formula is C22H27N3O4. The lowest BCUT2D eigenvalue weighted by atomic mass is 10.1. The summed E-state index contributed by atoms with van der Waals surface area (Å²) in [7, 11) is 0. The second kappa shape index (κ2) is 10.0. The monoisotopic (exact) mass is 397 g/mol. The first-order chi connectivity index (χ1) is 14.0. The maximum Gasteiger partial charge on any atom is 0.276 e. The van der Waals surface area contributed by atoms with Crippen molar-refractivity contribution in [3.8, 4) is 11.5 Å². The number of nitro groups is 1. The Balaban J connectivity index is 1.48. The Bertz CT molecular complexity index is 846. The van der Waals surface area contributed by atoms with Crippen molar-refractivity contribution in [3.05, 3.63) is 63.7 Å². The number of hydrogen-bond donors (Lipinski definition) is 1.